The third-order valence-corrected chi connectivity index (χ3v) is 2.40. The lowest BCUT2D eigenvalue weighted by Gasteiger charge is -2.03. The van der Waals surface area contributed by atoms with Crippen molar-refractivity contribution in [3.05, 3.63) is 34.2 Å². The highest BCUT2D eigenvalue weighted by molar-refractivity contribution is 6.17. The zero-order chi connectivity index (χ0) is 11.8. The number of halogens is 1. The van der Waals surface area contributed by atoms with E-state index in [-0.39, 0.29) is 11.5 Å². The molecule has 0 saturated carbocycles. The molecule has 1 aromatic rings. The molecule has 0 fully saturated rings. The number of pyridine rings is 1. The monoisotopic (exact) mass is 242 g/mol. The van der Waals surface area contributed by atoms with Gasteiger partial charge in [0.1, 0.15) is 0 Å². The molecule has 0 bridgehead atoms. The highest BCUT2D eigenvalue weighted by atomic mass is 35.5. The van der Waals surface area contributed by atoms with Gasteiger partial charge >= 0.3 is 0 Å². The first kappa shape index (κ1) is 12.8. The van der Waals surface area contributed by atoms with E-state index in [0.29, 0.717) is 18.0 Å². The van der Waals surface area contributed by atoms with Crippen molar-refractivity contribution in [3.8, 4) is 0 Å². The van der Waals surface area contributed by atoms with Gasteiger partial charge in [-0.1, -0.05) is 6.42 Å². The Morgan fingerprint density at radius 3 is 2.88 bits per heavy atom. The molecule has 4 nitrogen and oxygen atoms in total. The number of hydrogen-bond donors (Lipinski definition) is 2. The highest BCUT2D eigenvalue weighted by Crippen LogP contribution is 1.97. The fraction of sp³-hybridized carbons (Fsp3) is 0.455. The fourth-order valence-corrected chi connectivity index (χ4v) is 1.48. The second kappa shape index (κ2) is 7.06. The van der Waals surface area contributed by atoms with E-state index in [1.54, 1.807) is 6.07 Å². The summed E-state index contributed by atoms with van der Waals surface area (Å²) in [6.45, 7) is 0.614. The van der Waals surface area contributed by atoms with Crippen LogP contribution < -0.4 is 10.9 Å². The minimum Gasteiger partial charge on any atom is -0.352 e. The zero-order valence-corrected chi connectivity index (χ0v) is 9.72. The summed E-state index contributed by atoms with van der Waals surface area (Å²) < 4.78 is 0. The van der Waals surface area contributed by atoms with Gasteiger partial charge in [0.05, 0.1) is 0 Å². The van der Waals surface area contributed by atoms with Crippen LogP contribution in [0.1, 0.15) is 29.6 Å². The predicted molar refractivity (Wildman–Crippen MR) is 64.0 cm³/mol. The first-order chi connectivity index (χ1) is 7.74. The van der Waals surface area contributed by atoms with Gasteiger partial charge in [0.25, 0.3) is 5.91 Å². The molecule has 0 unspecified atom stereocenters. The van der Waals surface area contributed by atoms with Crippen molar-refractivity contribution in [3.63, 3.8) is 0 Å². The molecule has 1 amide bonds. The number of H-pyrrole nitrogens is 1. The molecule has 1 aromatic heterocycles. The summed E-state index contributed by atoms with van der Waals surface area (Å²) in [5.74, 6) is 0.444. The van der Waals surface area contributed by atoms with E-state index in [2.05, 4.69) is 10.3 Å². The Kier molecular flexibility index (Phi) is 5.64. The average molecular weight is 243 g/mol. The molecule has 5 heteroatoms. The molecule has 0 spiro atoms. The number of aromatic nitrogens is 1. The molecule has 88 valence electrons. The van der Waals surface area contributed by atoms with E-state index >= 15 is 0 Å². The summed E-state index contributed by atoms with van der Waals surface area (Å²) in [6.07, 6.45) is 4.33. The van der Waals surface area contributed by atoms with Gasteiger partial charge < -0.3 is 10.3 Å². The molecule has 0 radical (unpaired) electrons. The van der Waals surface area contributed by atoms with Crippen LogP contribution in [0.2, 0.25) is 0 Å². The Labute approximate surface area is 99.0 Å². The van der Waals surface area contributed by atoms with Crippen LogP contribution in [0.5, 0.6) is 0 Å². The van der Waals surface area contributed by atoms with Gasteiger partial charge in [0, 0.05) is 30.3 Å². The lowest BCUT2D eigenvalue weighted by atomic mass is 10.2. The topological polar surface area (TPSA) is 62.0 Å². The van der Waals surface area contributed by atoms with Gasteiger partial charge in [-0.2, -0.15) is 0 Å². The number of carbonyl (C=O) groups is 1. The lowest BCUT2D eigenvalue weighted by molar-refractivity contribution is 0.0953. The molecule has 0 aliphatic carbocycles. The van der Waals surface area contributed by atoms with E-state index < -0.39 is 0 Å². The quantitative estimate of drug-likeness (QED) is 0.587. The molecule has 0 aliphatic rings. The van der Waals surface area contributed by atoms with Crippen LogP contribution in [0.4, 0.5) is 0 Å². The van der Waals surface area contributed by atoms with E-state index in [1.807, 2.05) is 0 Å². The third kappa shape index (κ3) is 4.49. The SMILES string of the molecule is O=C(NCCCCCCl)c1cc[nH]c(=O)c1. The summed E-state index contributed by atoms with van der Waals surface area (Å²) in [6, 6.07) is 2.86. The normalized spacial score (nSPS) is 10.1. The number of amides is 1. The Bertz CT molecular complexity index is 390. The van der Waals surface area contributed by atoms with Crippen LogP contribution in [-0.2, 0) is 0 Å². The number of aromatic amines is 1. The van der Waals surface area contributed by atoms with E-state index in [1.165, 1.54) is 12.3 Å². The third-order valence-electron chi connectivity index (χ3n) is 2.13. The predicted octanol–water partition coefficient (Wildman–Crippen LogP) is 1.51. The summed E-state index contributed by atoms with van der Waals surface area (Å²) in [4.78, 5) is 25.0. The van der Waals surface area contributed by atoms with Crippen molar-refractivity contribution in [2.24, 2.45) is 0 Å². The molecule has 2 N–H and O–H groups in total. The van der Waals surface area contributed by atoms with Crippen LogP contribution in [0.15, 0.2) is 23.1 Å². The molecule has 1 heterocycles. The Hall–Kier alpha value is -1.29. The summed E-state index contributed by atoms with van der Waals surface area (Å²) in [5.41, 5.74) is 0.121. The van der Waals surface area contributed by atoms with Crippen molar-refractivity contribution in [2.75, 3.05) is 12.4 Å². The first-order valence-corrected chi connectivity index (χ1v) is 5.80. The molecule has 0 aliphatic heterocycles. The summed E-state index contributed by atoms with van der Waals surface area (Å²) >= 11 is 5.53. The number of hydrogen-bond acceptors (Lipinski definition) is 2. The van der Waals surface area contributed by atoms with Crippen LogP contribution in [0.25, 0.3) is 0 Å². The van der Waals surface area contributed by atoms with Gasteiger partial charge in [0.2, 0.25) is 5.56 Å². The molecule has 1 rings (SSSR count). The van der Waals surface area contributed by atoms with Crippen molar-refractivity contribution in [2.45, 2.75) is 19.3 Å². The first-order valence-electron chi connectivity index (χ1n) is 5.27. The smallest absolute Gasteiger partial charge is 0.251 e. The Morgan fingerprint density at radius 1 is 1.38 bits per heavy atom. The van der Waals surface area contributed by atoms with Gasteiger partial charge in [-0.15, -0.1) is 11.6 Å². The van der Waals surface area contributed by atoms with E-state index in [9.17, 15) is 9.59 Å². The number of rotatable bonds is 6. The van der Waals surface area contributed by atoms with Crippen LogP contribution in [-0.4, -0.2) is 23.3 Å². The van der Waals surface area contributed by atoms with E-state index in [4.69, 9.17) is 11.6 Å². The average Bonchev–Trinajstić information content (AvgIpc) is 2.28. The van der Waals surface area contributed by atoms with Gasteiger partial charge in [-0.3, -0.25) is 9.59 Å². The highest BCUT2D eigenvalue weighted by Gasteiger charge is 2.04. The molecule has 0 atom stereocenters. The minimum absolute atomic E-state index is 0.211. The second-order valence-electron chi connectivity index (χ2n) is 3.45. The molecule has 0 aromatic carbocycles. The maximum Gasteiger partial charge on any atom is 0.251 e. The number of carbonyl (C=O) groups excluding carboxylic acids is 1. The van der Waals surface area contributed by atoms with E-state index in [0.717, 1.165) is 19.3 Å². The lowest BCUT2D eigenvalue weighted by Crippen LogP contribution is -2.25. The van der Waals surface area contributed by atoms with Crippen molar-refractivity contribution >= 4 is 17.5 Å². The van der Waals surface area contributed by atoms with Crippen LogP contribution in [0, 0.1) is 0 Å². The maximum atomic E-state index is 11.5. The standard InChI is InChI=1S/C11H15ClN2O2/c12-5-2-1-3-6-14-11(16)9-4-7-13-10(15)8-9/h4,7-8H,1-3,5-6H2,(H,13,15)(H,14,16). The molecule has 16 heavy (non-hydrogen) atoms. The Balaban J connectivity index is 2.33. The van der Waals surface area contributed by atoms with Crippen LogP contribution in [0.3, 0.4) is 0 Å². The van der Waals surface area contributed by atoms with Crippen molar-refractivity contribution in [1.82, 2.24) is 10.3 Å². The van der Waals surface area contributed by atoms with Crippen molar-refractivity contribution in [1.29, 1.82) is 0 Å². The van der Waals surface area contributed by atoms with Gasteiger partial charge in [0.15, 0.2) is 0 Å². The van der Waals surface area contributed by atoms with Gasteiger partial charge in [-0.05, 0) is 18.9 Å². The Morgan fingerprint density at radius 2 is 2.19 bits per heavy atom. The number of alkyl halides is 1. The number of nitrogens with one attached hydrogen (secondary N) is 2. The maximum absolute atomic E-state index is 11.5. The summed E-state index contributed by atoms with van der Waals surface area (Å²) in [7, 11) is 0. The minimum atomic E-state index is -0.269. The zero-order valence-electron chi connectivity index (χ0n) is 8.96. The van der Waals surface area contributed by atoms with Gasteiger partial charge in [-0.25, -0.2) is 0 Å². The van der Waals surface area contributed by atoms with Crippen LogP contribution >= 0.6 is 11.6 Å². The molecular formula is C11H15ClN2O2. The van der Waals surface area contributed by atoms with Crippen molar-refractivity contribution < 1.29 is 4.79 Å². The largest absolute Gasteiger partial charge is 0.352 e. The molecular weight excluding hydrogens is 228 g/mol. The fourth-order valence-electron chi connectivity index (χ4n) is 1.29. The second-order valence-corrected chi connectivity index (χ2v) is 3.83. The number of unbranched alkanes of at least 4 members (excludes halogenated alkanes) is 2. The summed E-state index contributed by atoms with van der Waals surface area (Å²) in [5, 5.41) is 2.75. The molecule has 0 saturated heterocycles.